The van der Waals surface area contributed by atoms with Crippen molar-refractivity contribution in [2.24, 2.45) is 0 Å². The Hall–Kier alpha value is -3.18. The van der Waals surface area contributed by atoms with Gasteiger partial charge < -0.3 is 15.3 Å². The monoisotopic (exact) mass is 591 g/mol. The van der Waals surface area contributed by atoms with Gasteiger partial charge >= 0.3 is 23.1 Å². The maximum absolute atomic E-state index is 9.53. The van der Waals surface area contributed by atoms with Crippen LogP contribution in [0.5, 0.6) is 0 Å². The number of benzene rings is 6. The van der Waals surface area contributed by atoms with Crippen molar-refractivity contribution in [1.82, 2.24) is 0 Å². The van der Waals surface area contributed by atoms with Gasteiger partial charge in [-0.3, -0.25) is 0 Å². The fourth-order valence-electron chi connectivity index (χ4n) is 5.32. The van der Waals surface area contributed by atoms with Crippen molar-refractivity contribution < 1.29 is 38.5 Å². The molecule has 0 amide bonds. The van der Waals surface area contributed by atoms with Gasteiger partial charge in [0, 0.05) is 0 Å². The summed E-state index contributed by atoms with van der Waals surface area (Å²) >= 11 is 0. The molecule has 7 aromatic carbocycles. The molecule has 3 nitrogen and oxygen atoms in total. The average Bonchev–Trinajstić information content (AvgIpc) is 3.34. The summed E-state index contributed by atoms with van der Waals surface area (Å²) in [5.74, 6) is 0. The van der Waals surface area contributed by atoms with Crippen molar-refractivity contribution in [1.29, 1.82) is 0 Å². The molecule has 0 saturated carbocycles. The molecule has 213 valence electrons. The van der Waals surface area contributed by atoms with Crippen LogP contribution in [0.3, 0.4) is 0 Å². The molecule has 0 N–H and O–H groups in total. The number of fused-ring (bicyclic) bond motifs is 13. The summed E-state index contributed by atoms with van der Waals surface area (Å²) in [4.78, 5) is 0. The normalized spacial score (nSPS) is 11.0. The van der Waals surface area contributed by atoms with Crippen LogP contribution in [0.1, 0.15) is 43.0 Å². The number of hydrogen-bond donors (Lipinski definition) is 0. The summed E-state index contributed by atoms with van der Waals surface area (Å²) in [6, 6.07) is 37.8. The van der Waals surface area contributed by atoms with Gasteiger partial charge in [-0.1, -0.05) is 171 Å². The van der Waals surface area contributed by atoms with Crippen molar-refractivity contribution in [3.63, 3.8) is 0 Å². The fourth-order valence-corrected chi connectivity index (χ4v) is 5.32. The smallest absolute Gasteiger partial charge is 0.852 e. The van der Waals surface area contributed by atoms with Crippen LogP contribution in [0.2, 0.25) is 0 Å². The molecule has 0 aliphatic heterocycles. The Morgan fingerprint density at radius 2 is 0.595 bits per heavy atom. The summed E-state index contributed by atoms with van der Waals surface area (Å²) in [5.41, 5.74) is 0. The molecule has 42 heavy (non-hydrogen) atoms. The van der Waals surface area contributed by atoms with E-state index in [-0.39, 0.29) is 23.1 Å². The molecule has 0 fully saturated rings. The molecule has 0 heterocycles. The minimum Gasteiger partial charge on any atom is -0.852 e. The summed E-state index contributed by atoms with van der Waals surface area (Å²) in [5, 5.41) is 44.8. The van der Waals surface area contributed by atoms with Crippen LogP contribution < -0.4 is 15.3 Å². The second kappa shape index (κ2) is 14.8. The zero-order chi connectivity index (χ0) is 29.7. The Balaban J connectivity index is 0.000000401. The molecule has 0 aromatic heterocycles. The Bertz CT molecular complexity index is 1770. The SMILES string of the molecule is CC(C)[O-].CC(C)[O-].CC(C)[O-].[H+].[Ti+3].c1ccc2c(c1)c1ccccc1c1c2[cH-]c2c3ccccc3c3ccccc3c21. The van der Waals surface area contributed by atoms with Gasteiger partial charge in [-0.05, 0) is 21.5 Å². The minimum atomic E-state index is -0.417. The third-order valence-corrected chi connectivity index (χ3v) is 6.48. The fraction of sp³-hybridized carbons (Fsp3) is 0.237. The van der Waals surface area contributed by atoms with E-state index in [2.05, 4.69) is 103 Å². The van der Waals surface area contributed by atoms with Gasteiger partial charge in [0.05, 0.1) is 0 Å². The molecule has 0 aliphatic rings. The van der Waals surface area contributed by atoms with E-state index >= 15 is 0 Å². The van der Waals surface area contributed by atoms with E-state index in [1.165, 1.54) is 64.6 Å². The first-order chi connectivity index (χ1) is 19.6. The van der Waals surface area contributed by atoms with Crippen molar-refractivity contribution >= 4 is 64.6 Å². The molecule has 4 heteroatoms. The molecule has 0 aliphatic carbocycles. The van der Waals surface area contributed by atoms with Crippen LogP contribution in [-0.4, -0.2) is 18.3 Å². The first-order valence-electron chi connectivity index (χ1n) is 14.3. The third kappa shape index (κ3) is 7.23. The van der Waals surface area contributed by atoms with Crippen LogP contribution >= 0.6 is 0 Å². The number of rotatable bonds is 0. The van der Waals surface area contributed by atoms with E-state index in [1.54, 1.807) is 41.5 Å². The Kier molecular flexibility index (Phi) is 11.8. The molecule has 0 bridgehead atoms. The molecule has 0 spiro atoms. The summed E-state index contributed by atoms with van der Waals surface area (Å²) in [6.45, 7) is 9.67. The maximum atomic E-state index is 9.53. The molecule has 0 saturated heterocycles. The van der Waals surface area contributed by atoms with Crippen molar-refractivity contribution in [2.45, 2.75) is 59.9 Å². The van der Waals surface area contributed by atoms with Crippen molar-refractivity contribution in [2.75, 3.05) is 0 Å². The van der Waals surface area contributed by atoms with Gasteiger partial charge in [-0.2, -0.15) is 0 Å². The predicted molar refractivity (Wildman–Crippen MR) is 174 cm³/mol. The Morgan fingerprint density at radius 1 is 0.405 bits per heavy atom. The van der Waals surface area contributed by atoms with E-state index < -0.39 is 18.3 Å². The summed E-state index contributed by atoms with van der Waals surface area (Å²) in [6.07, 6.45) is -1.25. The first-order valence-corrected chi connectivity index (χ1v) is 14.3. The number of hydrogen-bond acceptors (Lipinski definition) is 3. The molecule has 7 aromatic rings. The van der Waals surface area contributed by atoms with Crippen LogP contribution in [-0.2, 0) is 21.7 Å². The summed E-state index contributed by atoms with van der Waals surface area (Å²) < 4.78 is 0. The predicted octanol–water partition coefficient (Wildman–Crippen LogP) is 7.70. The van der Waals surface area contributed by atoms with Gasteiger partial charge in [0.25, 0.3) is 0 Å². The third-order valence-electron chi connectivity index (χ3n) is 6.48. The largest absolute Gasteiger partial charge is 3.00 e. The topological polar surface area (TPSA) is 69.2 Å². The Morgan fingerprint density at radius 3 is 0.857 bits per heavy atom. The van der Waals surface area contributed by atoms with Gasteiger partial charge in [0.2, 0.25) is 0 Å². The van der Waals surface area contributed by atoms with E-state index in [9.17, 15) is 15.3 Å². The van der Waals surface area contributed by atoms with Crippen molar-refractivity contribution in [3.8, 4) is 0 Å². The van der Waals surface area contributed by atoms with Gasteiger partial charge in [0.1, 0.15) is 0 Å². The Labute approximate surface area is 265 Å². The van der Waals surface area contributed by atoms with Crippen LogP contribution in [0.15, 0.2) is 103 Å². The van der Waals surface area contributed by atoms with E-state index in [4.69, 9.17) is 0 Å². The quantitative estimate of drug-likeness (QED) is 0.103. The van der Waals surface area contributed by atoms with Gasteiger partial charge in [-0.25, -0.2) is 0 Å². The second-order valence-corrected chi connectivity index (χ2v) is 11.1. The van der Waals surface area contributed by atoms with E-state index in [0.717, 1.165) is 0 Å². The van der Waals surface area contributed by atoms with Crippen LogP contribution in [0, 0.1) is 0 Å². The van der Waals surface area contributed by atoms with E-state index in [0.29, 0.717) is 0 Å². The minimum absolute atomic E-state index is 0. The molecular formula is C38H39O3Ti. The summed E-state index contributed by atoms with van der Waals surface area (Å²) in [7, 11) is 0. The van der Waals surface area contributed by atoms with Gasteiger partial charge in [0.15, 0.2) is 0 Å². The van der Waals surface area contributed by atoms with Crippen molar-refractivity contribution in [3.05, 3.63) is 103 Å². The zero-order valence-corrected chi connectivity index (χ0v) is 26.8. The molecule has 0 unspecified atom stereocenters. The molecule has 1 radical (unpaired) electrons. The maximum Gasteiger partial charge on any atom is 3.00 e. The standard InChI is InChI=1S/C29H17.3C3H7O.Ti/c1-3-13-22-18(9-1)20-11-5-7-15-24(20)28-26(22)17-27-23-14-4-2-10-19(23)21-12-6-8-16-25(21)29(27)28;3*1-3(2)4;/h1-17H;3*3H,1-2H3;/q4*-1;+3/p+1. The van der Waals surface area contributed by atoms with E-state index in [1.807, 2.05) is 0 Å². The molecule has 0 atom stereocenters. The second-order valence-electron chi connectivity index (χ2n) is 11.1. The average molecular weight is 592 g/mol. The van der Waals surface area contributed by atoms with Crippen LogP contribution in [0.25, 0.3) is 64.6 Å². The zero-order valence-electron chi connectivity index (χ0n) is 26.3. The van der Waals surface area contributed by atoms with Crippen LogP contribution in [0.4, 0.5) is 0 Å². The molecular weight excluding hydrogens is 552 g/mol. The molecule has 7 rings (SSSR count). The first kappa shape index (κ1) is 33.3. The van der Waals surface area contributed by atoms with Gasteiger partial charge in [-0.15, -0.1) is 35.2 Å².